The highest BCUT2D eigenvalue weighted by Gasteiger charge is 2.30. The molecule has 3 atom stereocenters. The zero-order chi connectivity index (χ0) is 18.1. The molecular formula is C19H28FN3O2. The number of halogens is 1. The topological polar surface area (TPSA) is 70.2 Å². The van der Waals surface area contributed by atoms with Crippen LogP contribution in [-0.2, 0) is 0 Å². The molecule has 0 heterocycles. The summed E-state index contributed by atoms with van der Waals surface area (Å²) in [7, 11) is 0. The second-order valence-corrected chi connectivity index (χ2v) is 6.67. The van der Waals surface area contributed by atoms with Crippen molar-refractivity contribution in [2.24, 2.45) is 11.8 Å². The van der Waals surface area contributed by atoms with Gasteiger partial charge in [-0.05, 0) is 43.7 Å². The van der Waals surface area contributed by atoms with Crippen molar-refractivity contribution in [1.29, 1.82) is 0 Å². The molecule has 3 N–H and O–H groups in total. The van der Waals surface area contributed by atoms with E-state index in [4.69, 9.17) is 0 Å². The zero-order valence-electron chi connectivity index (χ0n) is 14.8. The largest absolute Gasteiger partial charge is 0.352 e. The van der Waals surface area contributed by atoms with E-state index in [0.29, 0.717) is 31.6 Å². The summed E-state index contributed by atoms with van der Waals surface area (Å²) in [4.78, 5) is 23.6. The highest BCUT2D eigenvalue weighted by atomic mass is 19.1. The minimum Gasteiger partial charge on any atom is -0.352 e. The van der Waals surface area contributed by atoms with Crippen LogP contribution in [0, 0.1) is 11.8 Å². The zero-order valence-corrected chi connectivity index (χ0v) is 14.8. The Morgan fingerprint density at radius 1 is 1.08 bits per heavy atom. The summed E-state index contributed by atoms with van der Waals surface area (Å²) in [6, 6.07) is 8.80. The molecule has 0 spiro atoms. The Hall–Kier alpha value is -2.11. The van der Waals surface area contributed by atoms with E-state index in [1.54, 1.807) is 12.1 Å². The van der Waals surface area contributed by atoms with E-state index in [0.717, 1.165) is 19.3 Å². The first-order valence-electron chi connectivity index (χ1n) is 9.09. The van der Waals surface area contributed by atoms with E-state index in [2.05, 4.69) is 16.0 Å². The fourth-order valence-corrected chi connectivity index (χ4v) is 3.13. The number of nitrogens with one attached hydrogen (secondary N) is 3. The second kappa shape index (κ2) is 10.0. The van der Waals surface area contributed by atoms with Gasteiger partial charge in [-0.2, -0.15) is 0 Å². The number of carbonyl (C=O) groups is 2. The molecule has 0 bridgehead atoms. The van der Waals surface area contributed by atoms with Gasteiger partial charge < -0.3 is 16.0 Å². The summed E-state index contributed by atoms with van der Waals surface area (Å²) in [5, 5.41) is 8.36. The van der Waals surface area contributed by atoms with Crippen molar-refractivity contribution in [3.05, 3.63) is 35.9 Å². The number of alkyl halides is 1. The maximum Gasteiger partial charge on any atom is 0.314 e. The molecule has 6 heteroatoms. The van der Waals surface area contributed by atoms with Crippen molar-refractivity contribution in [3.8, 4) is 0 Å². The number of rotatable bonds is 7. The summed E-state index contributed by atoms with van der Waals surface area (Å²) >= 11 is 0. The molecule has 1 aliphatic carbocycles. The van der Waals surface area contributed by atoms with Gasteiger partial charge in [0.05, 0.1) is 0 Å². The third-order valence-corrected chi connectivity index (χ3v) is 4.66. The summed E-state index contributed by atoms with van der Waals surface area (Å²) < 4.78 is 14.4. The van der Waals surface area contributed by atoms with E-state index in [1.165, 1.54) is 0 Å². The second-order valence-electron chi connectivity index (χ2n) is 6.67. The smallest absolute Gasteiger partial charge is 0.314 e. The minimum absolute atomic E-state index is 0.118. The average molecular weight is 349 g/mol. The van der Waals surface area contributed by atoms with Crippen LogP contribution in [-0.4, -0.2) is 37.7 Å². The first-order valence-corrected chi connectivity index (χ1v) is 9.09. The summed E-state index contributed by atoms with van der Waals surface area (Å²) in [6.07, 6.45) is 1.94. The molecule has 25 heavy (non-hydrogen) atoms. The van der Waals surface area contributed by atoms with Crippen LogP contribution >= 0.6 is 0 Å². The Balaban J connectivity index is 1.68. The summed E-state index contributed by atoms with van der Waals surface area (Å²) in [5.74, 6) is -0.117. The molecule has 1 aromatic rings. The van der Waals surface area contributed by atoms with Crippen LogP contribution in [0.3, 0.4) is 0 Å². The Morgan fingerprint density at radius 2 is 1.84 bits per heavy atom. The van der Waals surface area contributed by atoms with Gasteiger partial charge in [0.1, 0.15) is 6.17 Å². The molecule has 5 nitrogen and oxygen atoms in total. The van der Waals surface area contributed by atoms with Crippen molar-refractivity contribution < 1.29 is 14.0 Å². The Bertz CT molecular complexity index is 553. The Kier molecular flexibility index (Phi) is 7.70. The van der Waals surface area contributed by atoms with E-state index in [9.17, 15) is 14.0 Å². The van der Waals surface area contributed by atoms with E-state index in [1.807, 2.05) is 25.1 Å². The fraction of sp³-hybridized carbons (Fsp3) is 0.579. The number of amides is 3. The van der Waals surface area contributed by atoms with Crippen LogP contribution < -0.4 is 16.0 Å². The van der Waals surface area contributed by atoms with Crippen LogP contribution in [0.4, 0.5) is 9.18 Å². The number of hydrogen-bond donors (Lipinski definition) is 3. The monoisotopic (exact) mass is 349 g/mol. The lowest BCUT2D eigenvalue weighted by Gasteiger charge is -2.32. The van der Waals surface area contributed by atoms with Crippen LogP contribution in [0.1, 0.15) is 43.0 Å². The molecule has 0 saturated heterocycles. The molecule has 3 amide bonds. The minimum atomic E-state index is -0.946. The number of carbonyl (C=O) groups excluding carboxylic acids is 2. The molecule has 1 aliphatic rings. The Morgan fingerprint density at radius 3 is 2.52 bits per heavy atom. The maximum absolute atomic E-state index is 14.4. The van der Waals surface area contributed by atoms with Gasteiger partial charge in [-0.15, -0.1) is 0 Å². The van der Waals surface area contributed by atoms with Gasteiger partial charge in [0.2, 0.25) is 0 Å². The predicted molar refractivity (Wildman–Crippen MR) is 96.2 cm³/mol. The number of benzene rings is 1. The maximum atomic E-state index is 14.4. The molecule has 2 rings (SSSR count). The highest BCUT2D eigenvalue weighted by molar-refractivity contribution is 5.94. The van der Waals surface area contributed by atoms with Crippen LogP contribution in [0.5, 0.6) is 0 Å². The molecule has 1 aromatic carbocycles. The molecule has 0 aliphatic heterocycles. The third kappa shape index (κ3) is 6.36. The highest BCUT2D eigenvalue weighted by Crippen LogP contribution is 2.30. The fourth-order valence-electron chi connectivity index (χ4n) is 3.13. The van der Waals surface area contributed by atoms with Crippen LogP contribution in [0.15, 0.2) is 30.3 Å². The van der Waals surface area contributed by atoms with E-state index < -0.39 is 6.17 Å². The normalized spacial score (nSPS) is 22.9. The SMILES string of the molecule is CCCNC(=O)NCC1CCC(CNC(=O)c2ccccc2)CC1F. The van der Waals surface area contributed by atoms with Gasteiger partial charge >= 0.3 is 6.03 Å². The number of hydrogen-bond acceptors (Lipinski definition) is 2. The van der Waals surface area contributed by atoms with Gasteiger partial charge in [0.25, 0.3) is 5.91 Å². The molecule has 1 fully saturated rings. The lowest BCUT2D eigenvalue weighted by molar-refractivity contribution is 0.0912. The first kappa shape index (κ1) is 19.2. The third-order valence-electron chi connectivity index (χ3n) is 4.66. The van der Waals surface area contributed by atoms with Crippen molar-refractivity contribution >= 4 is 11.9 Å². The van der Waals surface area contributed by atoms with Gasteiger partial charge in [0, 0.05) is 31.1 Å². The molecule has 0 radical (unpaired) electrons. The first-order chi connectivity index (χ1) is 12.1. The van der Waals surface area contributed by atoms with Crippen molar-refractivity contribution in [3.63, 3.8) is 0 Å². The van der Waals surface area contributed by atoms with Gasteiger partial charge in [0.15, 0.2) is 0 Å². The molecule has 3 unspecified atom stereocenters. The van der Waals surface area contributed by atoms with Crippen molar-refractivity contribution in [2.75, 3.05) is 19.6 Å². The van der Waals surface area contributed by atoms with Crippen molar-refractivity contribution in [2.45, 2.75) is 38.8 Å². The molecule has 138 valence electrons. The van der Waals surface area contributed by atoms with Crippen LogP contribution in [0.25, 0.3) is 0 Å². The lowest BCUT2D eigenvalue weighted by Crippen LogP contribution is -2.43. The van der Waals surface area contributed by atoms with Gasteiger partial charge in [-0.1, -0.05) is 25.1 Å². The van der Waals surface area contributed by atoms with E-state index in [-0.39, 0.29) is 23.8 Å². The molecular weight excluding hydrogens is 321 g/mol. The summed E-state index contributed by atoms with van der Waals surface area (Å²) in [5.41, 5.74) is 0.621. The molecule has 0 aromatic heterocycles. The van der Waals surface area contributed by atoms with Gasteiger partial charge in [-0.25, -0.2) is 9.18 Å². The summed E-state index contributed by atoms with van der Waals surface area (Å²) in [6.45, 7) is 3.46. The standard InChI is InChI=1S/C19H28FN3O2/c1-2-10-21-19(25)23-13-16-9-8-14(11-17(16)20)12-22-18(24)15-6-4-3-5-7-15/h3-7,14,16-17H,2,8-13H2,1H3,(H,22,24)(H2,21,23,25). The van der Waals surface area contributed by atoms with E-state index >= 15 is 0 Å². The predicted octanol–water partition coefficient (Wildman–Crippen LogP) is 2.88. The molecule has 1 saturated carbocycles. The lowest BCUT2D eigenvalue weighted by atomic mass is 9.80. The van der Waals surface area contributed by atoms with Crippen LogP contribution in [0.2, 0.25) is 0 Å². The number of urea groups is 1. The van der Waals surface area contributed by atoms with Crippen molar-refractivity contribution in [1.82, 2.24) is 16.0 Å². The van der Waals surface area contributed by atoms with Gasteiger partial charge in [-0.3, -0.25) is 4.79 Å². The Labute approximate surface area is 148 Å². The quantitative estimate of drug-likeness (QED) is 0.708. The average Bonchev–Trinajstić information content (AvgIpc) is 2.64.